The third-order valence-electron chi connectivity index (χ3n) is 2.69. The molecule has 0 saturated carbocycles. The molecule has 0 spiro atoms. The minimum Gasteiger partial charge on any atom is -0.378 e. The summed E-state index contributed by atoms with van der Waals surface area (Å²) in [7, 11) is -1.25. The molecule has 1 atom stereocenters. The second kappa shape index (κ2) is 8.39. The zero-order chi connectivity index (χ0) is 15.9. The van der Waals surface area contributed by atoms with Gasteiger partial charge in [-0.25, -0.2) is 4.21 Å². The van der Waals surface area contributed by atoms with E-state index in [0.29, 0.717) is 19.4 Å². The van der Waals surface area contributed by atoms with Gasteiger partial charge in [-0.2, -0.15) is 4.40 Å². The van der Waals surface area contributed by atoms with Gasteiger partial charge in [0.05, 0.1) is 17.5 Å². The average Bonchev–Trinajstić information content (AvgIpc) is 2.38. The number of pyridine rings is 1. The molecule has 5 heteroatoms. The van der Waals surface area contributed by atoms with Crippen molar-refractivity contribution in [1.29, 1.82) is 0 Å². The van der Waals surface area contributed by atoms with Crippen molar-refractivity contribution in [1.82, 2.24) is 4.98 Å². The van der Waals surface area contributed by atoms with E-state index in [1.807, 2.05) is 52.8 Å². The molecule has 0 aromatic carbocycles. The quantitative estimate of drug-likeness (QED) is 0.726. The van der Waals surface area contributed by atoms with Crippen LogP contribution < -0.4 is 0 Å². The van der Waals surface area contributed by atoms with E-state index in [0.717, 1.165) is 11.4 Å². The Kier molecular flexibility index (Phi) is 7.18. The summed E-state index contributed by atoms with van der Waals surface area (Å²) in [6.07, 6.45) is 3.24. The van der Waals surface area contributed by atoms with E-state index in [9.17, 15) is 4.21 Å². The van der Waals surface area contributed by atoms with Gasteiger partial charge in [-0.05, 0) is 46.8 Å². The van der Waals surface area contributed by atoms with Gasteiger partial charge in [0.2, 0.25) is 0 Å². The smallest absolute Gasteiger partial charge is 0.144 e. The molecule has 0 N–H and O–H groups in total. The van der Waals surface area contributed by atoms with E-state index >= 15 is 0 Å². The van der Waals surface area contributed by atoms with Crippen LogP contribution in [0, 0.1) is 0 Å². The second-order valence-corrected chi connectivity index (χ2v) is 8.09. The normalized spacial score (nSPS) is 14.5. The van der Waals surface area contributed by atoms with Gasteiger partial charge in [-0.3, -0.25) is 4.98 Å². The third kappa shape index (κ3) is 7.48. The molecule has 4 nitrogen and oxygen atoms in total. The van der Waals surface area contributed by atoms with Crippen molar-refractivity contribution in [3.63, 3.8) is 0 Å². The Morgan fingerprint density at radius 3 is 2.62 bits per heavy atom. The number of ether oxygens (including phenoxy) is 1. The Hall–Kier alpha value is -1.07. The van der Waals surface area contributed by atoms with Gasteiger partial charge < -0.3 is 4.74 Å². The summed E-state index contributed by atoms with van der Waals surface area (Å²) in [5, 5.41) is 0. The van der Waals surface area contributed by atoms with Crippen LogP contribution in [0.15, 0.2) is 28.8 Å². The number of rotatable bonds is 7. The maximum Gasteiger partial charge on any atom is 0.144 e. The zero-order valence-corrected chi connectivity index (χ0v) is 14.4. The molecule has 1 aromatic heterocycles. The van der Waals surface area contributed by atoms with Crippen molar-refractivity contribution >= 4 is 16.7 Å². The molecule has 0 aliphatic carbocycles. The van der Waals surface area contributed by atoms with Gasteiger partial charge in [0.15, 0.2) is 0 Å². The highest BCUT2D eigenvalue weighted by atomic mass is 32.2. The Labute approximate surface area is 130 Å². The van der Waals surface area contributed by atoms with Crippen LogP contribution in [0.1, 0.15) is 46.7 Å². The van der Waals surface area contributed by atoms with Gasteiger partial charge in [-0.1, -0.05) is 6.07 Å². The minimum absolute atomic E-state index is 0.189. The molecule has 21 heavy (non-hydrogen) atoms. The lowest BCUT2D eigenvalue weighted by molar-refractivity contribution is 0.0844. The first-order valence-corrected chi connectivity index (χ1v) is 8.39. The second-order valence-electron chi connectivity index (χ2n) is 6.19. The summed E-state index contributed by atoms with van der Waals surface area (Å²) in [5.41, 5.74) is 1.81. The highest BCUT2D eigenvalue weighted by Crippen LogP contribution is 2.14. The molecule has 0 fully saturated rings. The van der Waals surface area contributed by atoms with Crippen LogP contribution in [0.25, 0.3) is 0 Å². The maximum absolute atomic E-state index is 12.2. The molecule has 0 unspecified atom stereocenters. The Balaban J connectivity index is 2.79. The highest BCUT2D eigenvalue weighted by molar-refractivity contribution is 7.85. The van der Waals surface area contributed by atoms with Crippen LogP contribution >= 0.6 is 0 Å². The standard InChI is InChI=1S/C16H26N2O2S/c1-13(2)20-11-9-15(18-21(19)16(3,4)5)12-14-8-6-7-10-17-14/h6-8,10,13H,9,11-12H2,1-5H3/t21-/m1/s1. The summed E-state index contributed by atoms with van der Waals surface area (Å²) in [5.74, 6) is 0. The molecular weight excluding hydrogens is 284 g/mol. The van der Waals surface area contributed by atoms with E-state index in [1.165, 1.54) is 0 Å². The van der Waals surface area contributed by atoms with Gasteiger partial charge >= 0.3 is 0 Å². The van der Waals surface area contributed by atoms with E-state index in [2.05, 4.69) is 9.38 Å². The van der Waals surface area contributed by atoms with Crippen LogP contribution in [0.3, 0.4) is 0 Å². The Morgan fingerprint density at radius 2 is 2.10 bits per heavy atom. The molecule has 0 radical (unpaired) electrons. The van der Waals surface area contributed by atoms with Crippen molar-refractivity contribution in [3.05, 3.63) is 30.1 Å². The molecule has 0 aliphatic rings. The minimum atomic E-state index is -1.25. The van der Waals surface area contributed by atoms with Crippen molar-refractivity contribution in [2.24, 2.45) is 4.40 Å². The lowest BCUT2D eigenvalue weighted by atomic mass is 10.1. The molecule has 1 heterocycles. The fourth-order valence-corrected chi connectivity index (χ4v) is 2.21. The first kappa shape index (κ1) is 18.0. The molecule has 1 aromatic rings. The predicted octanol–water partition coefficient (Wildman–Crippen LogP) is 3.34. The van der Waals surface area contributed by atoms with Crippen LogP contribution in [-0.4, -0.2) is 32.4 Å². The lowest BCUT2D eigenvalue weighted by Gasteiger charge is -2.15. The molecule has 0 aliphatic heterocycles. The van der Waals surface area contributed by atoms with E-state index in [4.69, 9.17) is 4.74 Å². The SMILES string of the molecule is CC(C)OCCC(Cc1ccccn1)=N[S@](=O)C(C)(C)C. The van der Waals surface area contributed by atoms with Crippen molar-refractivity contribution in [2.75, 3.05) is 6.61 Å². The van der Waals surface area contributed by atoms with Crippen molar-refractivity contribution < 1.29 is 8.95 Å². The summed E-state index contributed by atoms with van der Waals surface area (Å²) in [6, 6.07) is 5.79. The number of nitrogens with zero attached hydrogens (tertiary/aromatic N) is 2. The van der Waals surface area contributed by atoms with Gasteiger partial charge in [0.25, 0.3) is 0 Å². The maximum atomic E-state index is 12.2. The molecule has 0 amide bonds. The summed E-state index contributed by atoms with van der Waals surface area (Å²) in [4.78, 5) is 4.31. The summed E-state index contributed by atoms with van der Waals surface area (Å²) < 4.78 is 21.9. The van der Waals surface area contributed by atoms with Crippen LogP contribution in [-0.2, 0) is 22.1 Å². The first-order chi connectivity index (χ1) is 9.79. The topological polar surface area (TPSA) is 51.6 Å². The Morgan fingerprint density at radius 1 is 1.38 bits per heavy atom. The van der Waals surface area contributed by atoms with Crippen molar-refractivity contribution in [2.45, 2.75) is 58.3 Å². The van der Waals surface area contributed by atoms with E-state index in [-0.39, 0.29) is 10.9 Å². The Bertz CT molecular complexity index is 479. The largest absolute Gasteiger partial charge is 0.378 e. The molecular formula is C16H26N2O2S. The number of aromatic nitrogens is 1. The molecule has 0 saturated heterocycles. The van der Waals surface area contributed by atoms with Gasteiger partial charge in [-0.15, -0.1) is 0 Å². The molecule has 0 bridgehead atoms. The van der Waals surface area contributed by atoms with Crippen LogP contribution in [0.2, 0.25) is 0 Å². The monoisotopic (exact) mass is 310 g/mol. The fraction of sp³-hybridized carbons (Fsp3) is 0.625. The highest BCUT2D eigenvalue weighted by Gasteiger charge is 2.20. The van der Waals surface area contributed by atoms with E-state index < -0.39 is 11.0 Å². The van der Waals surface area contributed by atoms with Crippen LogP contribution in [0.5, 0.6) is 0 Å². The average molecular weight is 310 g/mol. The lowest BCUT2D eigenvalue weighted by Crippen LogP contribution is -2.22. The number of hydrogen-bond donors (Lipinski definition) is 0. The summed E-state index contributed by atoms with van der Waals surface area (Å²) >= 11 is 0. The first-order valence-electron chi connectivity index (χ1n) is 7.29. The van der Waals surface area contributed by atoms with Crippen LogP contribution in [0.4, 0.5) is 0 Å². The van der Waals surface area contributed by atoms with Gasteiger partial charge in [0.1, 0.15) is 11.0 Å². The van der Waals surface area contributed by atoms with Gasteiger partial charge in [0, 0.05) is 30.4 Å². The third-order valence-corrected chi connectivity index (χ3v) is 4.16. The zero-order valence-electron chi connectivity index (χ0n) is 13.6. The van der Waals surface area contributed by atoms with E-state index in [1.54, 1.807) is 6.20 Å². The number of hydrogen-bond acceptors (Lipinski definition) is 3. The molecule has 118 valence electrons. The van der Waals surface area contributed by atoms with Crippen molar-refractivity contribution in [3.8, 4) is 0 Å². The fourth-order valence-electron chi connectivity index (χ4n) is 1.54. The summed E-state index contributed by atoms with van der Waals surface area (Å²) in [6.45, 7) is 10.4. The predicted molar refractivity (Wildman–Crippen MR) is 89.0 cm³/mol. The molecule has 1 rings (SSSR count).